The van der Waals surface area contributed by atoms with Crippen molar-refractivity contribution < 1.29 is 13.6 Å². The van der Waals surface area contributed by atoms with Crippen molar-refractivity contribution >= 4 is 28.2 Å². The molecule has 1 heterocycles. The molecule has 1 aliphatic carbocycles. The van der Waals surface area contributed by atoms with Gasteiger partial charge in [0.25, 0.3) is 0 Å². The van der Waals surface area contributed by atoms with Crippen molar-refractivity contribution in [1.29, 1.82) is 0 Å². The third-order valence-electron chi connectivity index (χ3n) is 9.43. The Morgan fingerprint density at radius 2 is 1.39 bits per heavy atom. The molecule has 2 aliphatic rings. The van der Waals surface area contributed by atoms with Crippen molar-refractivity contribution in [2.24, 2.45) is 0 Å². The summed E-state index contributed by atoms with van der Waals surface area (Å²) in [5.74, 6) is 0.133. The summed E-state index contributed by atoms with van der Waals surface area (Å²) in [4.78, 5) is 16.4. The van der Waals surface area contributed by atoms with Gasteiger partial charge in [-0.2, -0.15) is 0 Å². The first-order valence-corrected chi connectivity index (χ1v) is 19.8. The lowest BCUT2D eigenvalue weighted by molar-refractivity contribution is -0.123. The monoisotopic (exact) mass is 549 g/mol. The maximum Gasteiger partial charge on any atom is 0.241 e. The Morgan fingerprint density at radius 3 is 2.00 bits per heavy atom. The van der Waals surface area contributed by atoms with Gasteiger partial charge in [-0.15, -0.1) is 0 Å². The first kappa shape index (κ1) is 29.0. The summed E-state index contributed by atoms with van der Waals surface area (Å²) in [6, 6.07) is 18.5. The Morgan fingerprint density at radius 1 is 0.842 bits per heavy atom. The van der Waals surface area contributed by atoms with Crippen LogP contribution in [0.15, 0.2) is 66.7 Å². The van der Waals surface area contributed by atoms with E-state index in [1.165, 1.54) is 0 Å². The van der Waals surface area contributed by atoms with Crippen molar-refractivity contribution in [3.63, 3.8) is 0 Å². The minimum Gasteiger partial charge on any atom is -0.411 e. The van der Waals surface area contributed by atoms with Crippen LogP contribution in [0, 0.1) is 0 Å². The van der Waals surface area contributed by atoms with E-state index in [0.717, 1.165) is 16.8 Å². The average Bonchev–Trinajstić information content (AvgIpc) is 3.03. The maximum absolute atomic E-state index is 14.4. The molecule has 2 aromatic rings. The summed E-state index contributed by atoms with van der Waals surface area (Å²) in [7, 11) is -4.21. The Kier molecular flexibility index (Phi) is 7.54. The fourth-order valence-electron chi connectivity index (χ4n) is 5.01. The second-order valence-electron chi connectivity index (χ2n) is 14.2. The maximum atomic E-state index is 14.4. The molecule has 3 atom stereocenters. The van der Waals surface area contributed by atoms with Crippen LogP contribution in [0.4, 0.5) is 5.69 Å². The molecule has 2 aromatic carbocycles. The van der Waals surface area contributed by atoms with Gasteiger partial charge in [-0.25, -0.2) is 0 Å². The van der Waals surface area contributed by atoms with Crippen LogP contribution in [0.5, 0.6) is 0 Å². The highest BCUT2D eigenvalue weighted by Gasteiger charge is 2.55. The minimum atomic E-state index is -2.14. The van der Waals surface area contributed by atoms with Crippen molar-refractivity contribution in [2.45, 2.75) is 108 Å². The quantitative estimate of drug-likeness (QED) is 0.269. The second-order valence-corrected chi connectivity index (χ2v) is 23.7. The van der Waals surface area contributed by atoms with Gasteiger partial charge < -0.3 is 13.8 Å². The molecular formula is C32H47NO3Si2. The van der Waals surface area contributed by atoms with Crippen molar-refractivity contribution in [3.05, 3.63) is 77.9 Å². The van der Waals surface area contributed by atoms with Crippen LogP contribution in [-0.2, 0) is 25.6 Å². The lowest BCUT2D eigenvalue weighted by Crippen LogP contribution is -2.55. The molecular weight excluding hydrogens is 503 g/mol. The molecule has 0 radical (unpaired) electrons. The Balaban J connectivity index is 1.77. The van der Waals surface area contributed by atoms with E-state index in [1.807, 2.05) is 29.2 Å². The molecule has 0 saturated heterocycles. The number of hydrogen-bond donors (Lipinski definition) is 0. The molecule has 0 unspecified atom stereocenters. The van der Waals surface area contributed by atoms with Gasteiger partial charge in [0.05, 0.1) is 24.2 Å². The smallest absolute Gasteiger partial charge is 0.241 e. The standard InChI is InChI=1S/C32H47NO3Si2/c1-30(2,3)37(7,8)35-27-20-21-32(22-28(27)36-38(9,10)31(4,5)6)25-18-14-15-19-26(25)33(29(32)34)23-24-16-12-11-13-17-24/h11-21,27-28H,22-23H2,1-10H3/t27-,28-,32-/m1/s1. The zero-order valence-corrected chi connectivity index (χ0v) is 27.1. The van der Waals surface area contributed by atoms with Crippen LogP contribution in [0.2, 0.25) is 36.3 Å². The van der Waals surface area contributed by atoms with Crippen molar-refractivity contribution in [1.82, 2.24) is 0 Å². The zero-order chi connectivity index (χ0) is 28.1. The van der Waals surface area contributed by atoms with Crippen LogP contribution in [0.25, 0.3) is 0 Å². The first-order chi connectivity index (χ1) is 17.5. The molecule has 0 N–H and O–H groups in total. The van der Waals surface area contributed by atoms with E-state index < -0.39 is 22.0 Å². The lowest BCUT2D eigenvalue weighted by atomic mass is 9.72. The fraction of sp³-hybridized carbons (Fsp3) is 0.531. The fourth-order valence-corrected chi connectivity index (χ4v) is 7.61. The van der Waals surface area contributed by atoms with E-state index in [1.54, 1.807) is 0 Å². The summed E-state index contributed by atoms with van der Waals surface area (Å²) in [6.45, 7) is 23.4. The molecule has 1 amide bonds. The molecule has 4 rings (SSSR count). The summed E-state index contributed by atoms with van der Waals surface area (Å²) >= 11 is 0. The number of carbonyl (C=O) groups excluding carboxylic acids is 1. The molecule has 0 fully saturated rings. The van der Waals surface area contributed by atoms with E-state index in [2.05, 4.69) is 110 Å². The van der Waals surface area contributed by atoms with Crippen LogP contribution in [0.1, 0.15) is 59.1 Å². The van der Waals surface area contributed by atoms with Crippen LogP contribution in [0.3, 0.4) is 0 Å². The van der Waals surface area contributed by atoms with Crippen LogP contribution < -0.4 is 4.90 Å². The van der Waals surface area contributed by atoms with E-state index in [4.69, 9.17) is 8.85 Å². The molecule has 4 nitrogen and oxygen atoms in total. The normalized spacial score (nSPS) is 24.3. The van der Waals surface area contributed by atoms with Gasteiger partial charge in [0.2, 0.25) is 5.91 Å². The summed E-state index contributed by atoms with van der Waals surface area (Å²) in [5, 5.41) is 0.138. The third kappa shape index (κ3) is 5.25. The van der Waals surface area contributed by atoms with Crippen LogP contribution in [-0.4, -0.2) is 34.7 Å². The number of benzene rings is 2. The Labute approximate surface area is 232 Å². The number of carbonyl (C=O) groups is 1. The third-order valence-corrected chi connectivity index (χ3v) is 18.4. The molecule has 0 bridgehead atoms. The van der Waals surface area contributed by atoms with Gasteiger partial charge in [-0.05, 0) is 59.9 Å². The van der Waals surface area contributed by atoms with Gasteiger partial charge in [0.1, 0.15) is 0 Å². The largest absolute Gasteiger partial charge is 0.411 e. The van der Waals surface area contributed by atoms with Crippen LogP contribution >= 0.6 is 0 Å². The molecule has 6 heteroatoms. The van der Waals surface area contributed by atoms with Gasteiger partial charge in [-0.3, -0.25) is 4.79 Å². The average molecular weight is 550 g/mol. The number of nitrogens with zero attached hydrogens (tertiary/aromatic N) is 1. The highest BCUT2D eigenvalue weighted by atomic mass is 28.4. The highest BCUT2D eigenvalue weighted by molar-refractivity contribution is 6.74. The predicted octanol–water partition coefficient (Wildman–Crippen LogP) is 8.21. The second kappa shape index (κ2) is 9.88. The van der Waals surface area contributed by atoms with Gasteiger partial charge >= 0.3 is 0 Å². The predicted molar refractivity (Wildman–Crippen MR) is 164 cm³/mol. The summed E-state index contributed by atoms with van der Waals surface area (Å²) < 4.78 is 14.1. The van der Waals surface area contributed by atoms with E-state index in [0.29, 0.717) is 13.0 Å². The Hall–Kier alpha value is -2.00. The highest BCUT2D eigenvalue weighted by Crippen LogP contribution is 2.51. The summed E-state index contributed by atoms with van der Waals surface area (Å²) in [5.41, 5.74) is 2.46. The number of hydrogen-bond acceptors (Lipinski definition) is 3. The minimum absolute atomic E-state index is 0.0553. The number of rotatable bonds is 6. The van der Waals surface area contributed by atoms with E-state index in [9.17, 15) is 4.79 Å². The lowest BCUT2D eigenvalue weighted by Gasteiger charge is -2.47. The molecule has 1 aliphatic heterocycles. The van der Waals surface area contributed by atoms with Crippen molar-refractivity contribution in [3.8, 4) is 0 Å². The molecule has 0 aromatic heterocycles. The van der Waals surface area contributed by atoms with Crippen molar-refractivity contribution in [2.75, 3.05) is 4.90 Å². The zero-order valence-electron chi connectivity index (χ0n) is 25.1. The molecule has 206 valence electrons. The number of amides is 1. The molecule has 1 spiro atoms. The van der Waals surface area contributed by atoms with E-state index in [-0.39, 0.29) is 28.2 Å². The number of para-hydroxylation sites is 1. The van der Waals surface area contributed by atoms with Gasteiger partial charge in [0.15, 0.2) is 16.6 Å². The Bertz CT molecular complexity index is 1190. The van der Waals surface area contributed by atoms with Gasteiger partial charge in [0, 0.05) is 5.69 Å². The molecule has 0 saturated carbocycles. The SMILES string of the molecule is CC(C)(C)[Si](C)(C)O[C@@H]1C=C[C@]2(C[C@H]1O[Si](C)(C)C(C)(C)C)C(=O)N(Cc1ccccc1)c1ccccc12. The van der Waals surface area contributed by atoms with Gasteiger partial charge in [-0.1, -0.05) is 102 Å². The molecule has 38 heavy (non-hydrogen) atoms. The van der Waals surface area contributed by atoms with E-state index >= 15 is 0 Å². The number of anilines is 1. The number of fused-ring (bicyclic) bond motifs is 2. The summed E-state index contributed by atoms with van der Waals surface area (Å²) in [6.07, 6.45) is 4.53. The topological polar surface area (TPSA) is 38.8 Å². The first-order valence-electron chi connectivity index (χ1n) is 14.0.